The predicted octanol–water partition coefficient (Wildman–Crippen LogP) is 2.70. The van der Waals surface area contributed by atoms with Gasteiger partial charge in [0.25, 0.3) is 5.95 Å². The van der Waals surface area contributed by atoms with Crippen molar-refractivity contribution in [3.8, 4) is 0 Å². The SMILES string of the molecule is CCC(C)=NNc1nnc2c(n1)[nH]c1ccccc12. The maximum atomic E-state index is 4.37. The standard InChI is InChI=1S/C13H14N6/c1-3-8(2)16-18-13-15-12-11(17-19-13)9-6-4-5-7-10(9)14-12/h4-7H,3H2,1-2H3,(H2,14,15,18,19). The fraction of sp³-hybridized carbons (Fsp3) is 0.231. The molecule has 0 aliphatic rings. The number of para-hydroxylation sites is 1. The van der Waals surface area contributed by atoms with Crippen LogP contribution in [0.2, 0.25) is 0 Å². The molecule has 0 aliphatic carbocycles. The van der Waals surface area contributed by atoms with Gasteiger partial charge in [-0.2, -0.15) is 10.1 Å². The Morgan fingerprint density at radius 1 is 1.32 bits per heavy atom. The van der Waals surface area contributed by atoms with E-state index in [1.165, 1.54) is 0 Å². The summed E-state index contributed by atoms with van der Waals surface area (Å²) in [5, 5.41) is 13.4. The number of hydrogen-bond donors (Lipinski definition) is 2. The molecule has 0 saturated carbocycles. The Hall–Kier alpha value is -2.50. The molecule has 0 radical (unpaired) electrons. The lowest BCUT2D eigenvalue weighted by Crippen LogP contribution is -2.01. The Bertz CT molecular complexity index is 758. The number of aromatic nitrogens is 4. The molecule has 1 aromatic carbocycles. The van der Waals surface area contributed by atoms with Crippen molar-refractivity contribution in [1.29, 1.82) is 0 Å². The number of anilines is 1. The third-order valence-corrected chi connectivity index (χ3v) is 2.98. The lowest BCUT2D eigenvalue weighted by Gasteiger charge is -1.98. The Morgan fingerprint density at radius 2 is 2.16 bits per heavy atom. The van der Waals surface area contributed by atoms with Crippen molar-refractivity contribution in [1.82, 2.24) is 20.2 Å². The fourth-order valence-electron chi connectivity index (χ4n) is 1.79. The largest absolute Gasteiger partial charge is 0.338 e. The van der Waals surface area contributed by atoms with Crippen LogP contribution in [0.1, 0.15) is 20.3 Å². The molecule has 0 atom stereocenters. The zero-order chi connectivity index (χ0) is 13.2. The summed E-state index contributed by atoms with van der Waals surface area (Å²) in [4.78, 5) is 7.59. The molecule has 0 bridgehead atoms. The third-order valence-electron chi connectivity index (χ3n) is 2.98. The average molecular weight is 254 g/mol. The molecular formula is C13H14N6. The molecule has 6 heteroatoms. The molecule has 0 amide bonds. The van der Waals surface area contributed by atoms with Gasteiger partial charge in [-0.15, -0.1) is 10.2 Å². The lowest BCUT2D eigenvalue weighted by atomic mass is 10.2. The number of fused-ring (bicyclic) bond motifs is 3. The smallest absolute Gasteiger partial charge is 0.265 e. The van der Waals surface area contributed by atoms with Crippen LogP contribution in [0.4, 0.5) is 5.95 Å². The van der Waals surface area contributed by atoms with E-state index in [9.17, 15) is 0 Å². The molecule has 0 aliphatic heterocycles. The van der Waals surface area contributed by atoms with Crippen LogP contribution in [0, 0.1) is 0 Å². The lowest BCUT2D eigenvalue weighted by molar-refractivity contribution is 1.00. The van der Waals surface area contributed by atoms with Crippen LogP contribution in [0.5, 0.6) is 0 Å². The Kier molecular flexibility index (Phi) is 2.83. The first-order chi connectivity index (χ1) is 9.28. The van der Waals surface area contributed by atoms with Gasteiger partial charge in [-0.3, -0.25) is 0 Å². The zero-order valence-electron chi connectivity index (χ0n) is 10.8. The van der Waals surface area contributed by atoms with Crippen LogP contribution < -0.4 is 5.43 Å². The predicted molar refractivity (Wildman–Crippen MR) is 76.2 cm³/mol. The maximum Gasteiger partial charge on any atom is 0.265 e. The van der Waals surface area contributed by atoms with E-state index >= 15 is 0 Å². The minimum atomic E-state index is 0.395. The van der Waals surface area contributed by atoms with Crippen molar-refractivity contribution < 1.29 is 0 Å². The molecule has 0 unspecified atom stereocenters. The van der Waals surface area contributed by atoms with Crippen molar-refractivity contribution in [2.45, 2.75) is 20.3 Å². The van der Waals surface area contributed by atoms with Crippen molar-refractivity contribution in [2.75, 3.05) is 5.43 Å². The highest BCUT2D eigenvalue weighted by atomic mass is 15.4. The maximum absolute atomic E-state index is 4.37. The summed E-state index contributed by atoms with van der Waals surface area (Å²) in [7, 11) is 0. The molecule has 0 fully saturated rings. The molecule has 96 valence electrons. The molecule has 2 aromatic heterocycles. The van der Waals surface area contributed by atoms with Gasteiger partial charge < -0.3 is 4.98 Å². The van der Waals surface area contributed by atoms with Crippen LogP contribution in [0.25, 0.3) is 22.1 Å². The van der Waals surface area contributed by atoms with E-state index in [0.29, 0.717) is 11.6 Å². The summed E-state index contributed by atoms with van der Waals surface area (Å²) in [6, 6.07) is 7.93. The van der Waals surface area contributed by atoms with E-state index < -0.39 is 0 Å². The fourth-order valence-corrected chi connectivity index (χ4v) is 1.79. The minimum absolute atomic E-state index is 0.395. The molecule has 0 spiro atoms. The van der Waals surface area contributed by atoms with E-state index in [4.69, 9.17) is 0 Å². The number of nitrogens with zero attached hydrogens (tertiary/aromatic N) is 4. The number of nitrogens with one attached hydrogen (secondary N) is 2. The molecule has 3 aromatic rings. The van der Waals surface area contributed by atoms with E-state index in [2.05, 4.69) is 30.7 Å². The van der Waals surface area contributed by atoms with Crippen LogP contribution >= 0.6 is 0 Å². The highest BCUT2D eigenvalue weighted by Crippen LogP contribution is 2.21. The summed E-state index contributed by atoms with van der Waals surface area (Å²) >= 11 is 0. The first kappa shape index (κ1) is 11.6. The number of hydrogen-bond acceptors (Lipinski definition) is 5. The highest BCUT2D eigenvalue weighted by molar-refractivity contribution is 6.03. The number of H-pyrrole nitrogens is 1. The van der Waals surface area contributed by atoms with E-state index in [1.54, 1.807) is 0 Å². The second-order valence-corrected chi connectivity index (χ2v) is 4.32. The second kappa shape index (κ2) is 4.64. The average Bonchev–Trinajstić information content (AvgIpc) is 2.82. The minimum Gasteiger partial charge on any atom is -0.338 e. The quantitative estimate of drug-likeness (QED) is 0.556. The second-order valence-electron chi connectivity index (χ2n) is 4.32. The Labute approximate surface area is 110 Å². The van der Waals surface area contributed by atoms with Gasteiger partial charge in [0.1, 0.15) is 5.52 Å². The number of aromatic amines is 1. The first-order valence-corrected chi connectivity index (χ1v) is 6.18. The van der Waals surface area contributed by atoms with Gasteiger partial charge in [-0.1, -0.05) is 25.1 Å². The topological polar surface area (TPSA) is 78.8 Å². The Morgan fingerprint density at radius 3 is 3.00 bits per heavy atom. The van der Waals surface area contributed by atoms with E-state index in [-0.39, 0.29) is 0 Å². The molecule has 6 nitrogen and oxygen atoms in total. The Balaban J connectivity index is 2.04. The van der Waals surface area contributed by atoms with Crippen molar-refractivity contribution in [3.05, 3.63) is 24.3 Å². The summed E-state index contributed by atoms with van der Waals surface area (Å²) in [6.07, 6.45) is 0.884. The summed E-state index contributed by atoms with van der Waals surface area (Å²) in [6.45, 7) is 3.99. The van der Waals surface area contributed by atoms with E-state index in [0.717, 1.165) is 28.6 Å². The zero-order valence-corrected chi connectivity index (χ0v) is 10.8. The highest BCUT2D eigenvalue weighted by Gasteiger charge is 2.07. The summed E-state index contributed by atoms with van der Waals surface area (Å²) in [5.74, 6) is 0.395. The molecule has 19 heavy (non-hydrogen) atoms. The van der Waals surface area contributed by atoms with Crippen LogP contribution in [0.3, 0.4) is 0 Å². The number of benzene rings is 1. The monoisotopic (exact) mass is 254 g/mol. The summed E-state index contributed by atoms with van der Waals surface area (Å²) < 4.78 is 0. The molecular weight excluding hydrogens is 240 g/mol. The van der Waals surface area contributed by atoms with E-state index in [1.807, 2.05) is 38.1 Å². The van der Waals surface area contributed by atoms with Crippen molar-refractivity contribution >= 4 is 33.7 Å². The van der Waals surface area contributed by atoms with Crippen LogP contribution in [-0.2, 0) is 0 Å². The van der Waals surface area contributed by atoms with Gasteiger partial charge in [0.05, 0.1) is 0 Å². The van der Waals surface area contributed by atoms with Crippen LogP contribution in [0.15, 0.2) is 29.4 Å². The summed E-state index contributed by atoms with van der Waals surface area (Å²) in [5.41, 5.74) is 6.29. The first-order valence-electron chi connectivity index (χ1n) is 6.18. The van der Waals surface area contributed by atoms with Crippen molar-refractivity contribution in [3.63, 3.8) is 0 Å². The van der Waals surface area contributed by atoms with Gasteiger partial charge in [0, 0.05) is 16.6 Å². The van der Waals surface area contributed by atoms with Gasteiger partial charge in [-0.05, 0) is 19.4 Å². The van der Waals surface area contributed by atoms with Gasteiger partial charge in [-0.25, -0.2) is 5.43 Å². The van der Waals surface area contributed by atoms with Gasteiger partial charge in [0.15, 0.2) is 5.65 Å². The number of rotatable bonds is 3. The third kappa shape index (κ3) is 2.12. The molecule has 0 saturated heterocycles. The molecule has 3 rings (SSSR count). The molecule has 2 N–H and O–H groups in total. The van der Waals surface area contributed by atoms with Crippen LogP contribution in [-0.4, -0.2) is 25.9 Å². The molecule has 2 heterocycles. The normalized spacial score (nSPS) is 12.2. The number of hydrazone groups is 1. The van der Waals surface area contributed by atoms with Gasteiger partial charge in [0.2, 0.25) is 0 Å². The van der Waals surface area contributed by atoms with Crippen molar-refractivity contribution in [2.24, 2.45) is 5.10 Å². The van der Waals surface area contributed by atoms with Gasteiger partial charge >= 0.3 is 0 Å².